The van der Waals surface area contributed by atoms with E-state index >= 15 is 0 Å². The average molecular weight is 573 g/mol. The van der Waals surface area contributed by atoms with Crippen LogP contribution in [-0.4, -0.2) is 72.4 Å². The number of ether oxygens (including phenoxy) is 4. The molecule has 2 aromatic carbocycles. The van der Waals surface area contributed by atoms with Crippen LogP contribution in [0.25, 0.3) is 0 Å². The Bertz CT molecular complexity index is 1050. The predicted molar refractivity (Wildman–Crippen MR) is 150 cm³/mol. The number of aliphatic hydroxyl groups excluding tert-OH is 2. The predicted octanol–water partition coefficient (Wildman–Crippen LogP) is 3.32. The first kappa shape index (κ1) is 33.4. The molecule has 0 fully saturated rings. The van der Waals surface area contributed by atoms with Gasteiger partial charge in [-0.1, -0.05) is 38.1 Å². The fraction of sp³-hybridized carbons (Fsp3) is 0.484. The van der Waals surface area contributed by atoms with E-state index in [0.29, 0.717) is 11.5 Å². The quantitative estimate of drug-likeness (QED) is 0.255. The molecule has 10 nitrogen and oxygen atoms in total. The van der Waals surface area contributed by atoms with E-state index in [-0.39, 0.29) is 69.1 Å². The van der Waals surface area contributed by atoms with Gasteiger partial charge in [-0.15, -0.1) is 0 Å². The Morgan fingerprint density at radius 2 is 0.951 bits per heavy atom. The Hall–Kier alpha value is -3.76. The van der Waals surface area contributed by atoms with Gasteiger partial charge in [-0.25, -0.2) is 0 Å². The summed E-state index contributed by atoms with van der Waals surface area (Å²) in [6.07, 6.45) is -1.79. The molecular weight excluding hydrogens is 532 g/mol. The van der Waals surface area contributed by atoms with Gasteiger partial charge in [0.25, 0.3) is 0 Å². The molecule has 0 aliphatic rings. The monoisotopic (exact) mass is 572 g/mol. The third-order valence-corrected chi connectivity index (χ3v) is 6.27. The number of Topliss-reactive ketones (excluding diaryl/α,β-unsaturated/α-hetero) is 2. The fourth-order valence-corrected chi connectivity index (χ4v) is 3.66. The molecule has 0 aliphatic carbocycles. The highest BCUT2D eigenvalue weighted by Crippen LogP contribution is 2.33. The molecule has 0 aromatic heterocycles. The first-order valence-corrected chi connectivity index (χ1v) is 13.5. The second kappa shape index (κ2) is 16.5. The molecule has 0 radical (unpaired) electrons. The van der Waals surface area contributed by atoms with E-state index in [2.05, 4.69) is 13.8 Å². The number of ketones is 2. The molecular formula is C31H40O10. The highest BCUT2D eigenvalue weighted by molar-refractivity contribution is 5.81. The summed E-state index contributed by atoms with van der Waals surface area (Å²) in [4.78, 5) is 45.0. The Balaban J connectivity index is 1.80. The molecule has 41 heavy (non-hydrogen) atoms. The molecule has 0 heterocycles. The van der Waals surface area contributed by atoms with Crippen molar-refractivity contribution in [2.75, 3.05) is 26.4 Å². The van der Waals surface area contributed by atoms with E-state index in [4.69, 9.17) is 18.9 Å². The number of benzene rings is 2. The van der Waals surface area contributed by atoms with Crippen LogP contribution in [0.4, 0.5) is 0 Å². The van der Waals surface area contributed by atoms with Crippen LogP contribution < -0.4 is 9.47 Å². The number of hydrogen-bond acceptors (Lipinski definition) is 10. The number of aliphatic hydroxyl groups is 2. The van der Waals surface area contributed by atoms with Crippen LogP contribution in [0.3, 0.4) is 0 Å². The van der Waals surface area contributed by atoms with Crippen molar-refractivity contribution in [2.24, 2.45) is 0 Å². The molecule has 10 heteroatoms. The van der Waals surface area contributed by atoms with Crippen molar-refractivity contribution >= 4 is 23.5 Å². The van der Waals surface area contributed by atoms with Gasteiger partial charge in [-0.3, -0.25) is 9.59 Å². The maximum absolute atomic E-state index is 11.6. The SMILES string of the molecule is CC(=O)CCC(=O)OCC(O)COc1ccc(C(C)(C)c2ccc(OCC(O)COC(=O)CCC(C)=O)cc2)cc1. The smallest absolute Gasteiger partial charge is 0.306 e. The molecule has 2 rings (SSSR count). The lowest BCUT2D eigenvalue weighted by Gasteiger charge is -2.26. The summed E-state index contributed by atoms with van der Waals surface area (Å²) in [7, 11) is 0. The minimum atomic E-state index is -0.998. The van der Waals surface area contributed by atoms with Crippen molar-refractivity contribution < 1.29 is 48.3 Å². The Labute approximate surface area is 240 Å². The highest BCUT2D eigenvalue weighted by Gasteiger charge is 2.23. The fourth-order valence-electron chi connectivity index (χ4n) is 3.66. The van der Waals surface area contributed by atoms with Crippen LogP contribution in [0.5, 0.6) is 11.5 Å². The molecule has 224 valence electrons. The van der Waals surface area contributed by atoms with Gasteiger partial charge in [0.15, 0.2) is 0 Å². The van der Waals surface area contributed by atoms with Crippen LogP contribution in [0, 0.1) is 0 Å². The number of hydrogen-bond donors (Lipinski definition) is 2. The molecule has 0 saturated carbocycles. The molecule has 0 spiro atoms. The van der Waals surface area contributed by atoms with E-state index in [0.717, 1.165) is 11.1 Å². The van der Waals surface area contributed by atoms with Crippen molar-refractivity contribution in [3.05, 3.63) is 59.7 Å². The van der Waals surface area contributed by atoms with Gasteiger partial charge < -0.3 is 38.7 Å². The van der Waals surface area contributed by atoms with Crippen LogP contribution in [-0.2, 0) is 34.1 Å². The lowest BCUT2D eigenvalue weighted by molar-refractivity contribution is -0.148. The highest BCUT2D eigenvalue weighted by atomic mass is 16.6. The maximum atomic E-state index is 11.6. The zero-order chi connectivity index (χ0) is 30.4. The van der Waals surface area contributed by atoms with Gasteiger partial charge >= 0.3 is 11.9 Å². The minimum absolute atomic E-state index is 0.0115. The largest absolute Gasteiger partial charge is 0.491 e. The molecule has 2 N–H and O–H groups in total. The normalized spacial score (nSPS) is 12.6. The summed E-state index contributed by atoms with van der Waals surface area (Å²) < 4.78 is 21.1. The first-order chi connectivity index (χ1) is 19.4. The van der Waals surface area contributed by atoms with Crippen LogP contribution in [0.15, 0.2) is 48.5 Å². The summed E-state index contributed by atoms with van der Waals surface area (Å²) >= 11 is 0. The van der Waals surface area contributed by atoms with Gasteiger partial charge in [0.05, 0.1) is 12.8 Å². The van der Waals surface area contributed by atoms with E-state index in [1.165, 1.54) is 13.8 Å². The molecule has 2 aromatic rings. The Kier molecular flexibility index (Phi) is 13.5. The van der Waals surface area contributed by atoms with Crippen molar-refractivity contribution in [1.82, 2.24) is 0 Å². The number of carbonyl (C=O) groups is 4. The molecule has 2 atom stereocenters. The standard InChI is InChI=1S/C31H40O10/c1-21(32)5-15-29(36)40-19-25(34)17-38-27-11-7-23(8-12-27)31(3,4)24-9-13-28(14-10-24)39-18-26(35)20-41-30(37)16-6-22(2)33/h7-14,25-26,34-35H,5-6,15-20H2,1-4H3. The van der Waals surface area contributed by atoms with Crippen molar-refractivity contribution in [3.63, 3.8) is 0 Å². The lowest BCUT2D eigenvalue weighted by Crippen LogP contribution is -2.25. The van der Waals surface area contributed by atoms with Gasteiger partial charge in [-0.05, 0) is 49.2 Å². The summed E-state index contributed by atoms with van der Waals surface area (Å²) in [5.41, 5.74) is 1.71. The summed E-state index contributed by atoms with van der Waals surface area (Å²) in [5.74, 6) is -0.168. The second-order valence-electron chi connectivity index (χ2n) is 10.4. The van der Waals surface area contributed by atoms with Crippen molar-refractivity contribution in [3.8, 4) is 11.5 Å². The number of rotatable bonds is 18. The molecule has 0 bridgehead atoms. The Morgan fingerprint density at radius 1 is 0.610 bits per heavy atom. The van der Waals surface area contributed by atoms with E-state index in [1.807, 2.05) is 24.3 Å². The molecule has 0 amide bonds. The minimum Gasteiger partial charge on any atom is -0.491 e. The lowest BCUT2D eigenvalue weighted by atomic mass is 9.78. The van der Waals surface area contributed by atoms with Crippen molar-refractivity contribution in [2.45, 2.75) is 71.0 Å². The summed E-state index contributed by atoms with van der Waals surface area (Å²) in [6, 6.07) is 14.9. The third-order valence-electron chi connectivity index (χ3n) is 6.27. The van der Waals surface area contributed by atoms with Gasteiger partial charge in [0, 0.05) is 18.3 Å². The number of carbonyl (C=O) groups excluding carboxylic acids is 4. The maximum Gasteiger partial charge on any atom is 0.306 e. The second-order valence-corrected chi connectivity index (χ2v) is 10.4. The van der Waals surface area contributed by atoms with Gasteiger partial charge in [-0.2, -0.15) is 0 Å². The molecule has 0 saturated heterocycles. The number of esters is 2. The van der Waals surface area contributed by atoms with Gasteiger partial charge in [0.1, 0.15) is 61.7 Å². The van der Waals surface area contributed by atoms with E-state index < -0.39 is 24.1 Å². The average Bonchev–Trinajstić information content (AvgIpc) is 2.95. The topological polar surface area (TPSA) is 146 Å². The Morgan fingerprint density at radius 3 is 1.27 bits per heavy atom. The molecule has 2 unspecified atom stereocenters. The first-order valence-electron chi connectivity index (χ1n) is 13.5. The summed E-state index contributed by atoms with van der Waals surface area (Å²) in [6.45, 7) is 6.42. The van der Waals surface area contributed by atoms with Crippen LogP contribution in [0.1, 0.15) is 64.5 Å². The van der Waals surface area contributed by atoms with Gasteiger partial charge in [0.2, 0.25) is 0 Å². The van der Waals surface area contributed by atoms with E-state index in [9.17, 15) is 29.4 Å². The van der Waals surface area contributed by atoms with Crippen molar-refractivity contribution in [1.29, 1.82) is 0 Å². The third kappa shape index (κ3) is 12.5. The summed E-state index contributed by atoms with van der Waals surface area (Å²) in [5, 5.41) is 20.0. The van der Waals surface area contributed by atoms with Crippen LogP contribution in [0.2, 0.25) is 0 Å². The van der Waals surface area contributed by atoms with E-state index in [1.54, 1.807) is 24.3 Å². The van der Waals surface area contributed by atoms with Crippen LogP contribution >= 0.6 is 0 Å². The zero-order valence-electron chi connectivity index (χ0n) is 24.1. The molecule has 0 aliphatic heterocycles. The zero-order valence-corrected chi connectivity index (χ0v) is 24.1.